The maximum Gasteiger partial charge on any atom is 0.242 e. The Balaban J connectivity index is 1.74. The number of rotatable bonds is 12. The van der Waals surface area contributed by atoms with Gasteiger partial charge in [0.25, 0.3) is 0 Å². The lowest BCUT2D eigenvalue weighted by molar-refractivity contribution is -0.130. The molecule has 3 rings (SSSR count). The van der Waals surface area contributed by atoms with Crippen LogP contribution < -0.4 is 10.6 Å². The average Bonchev–Trinajstić information content (AvgIpc) is 2.88. The lowest BCUT2D eigenvalue weighted by atomic mass is 9.97. The van der Waals surface area contributed by atoms with Gasteiger partial charge in [-0.2, -0.15) is 0 Å². The molecule has 202 valence electrons. The van der Waals surface area contributed by atoms with Crippen molar-refractivity contribution in [1.29, 1.82) is 0 Å². The van der Waals surface area contributed by atoms with E-state index in [1.807, 2.05) is 68.4 Å². The molecule has 0 spiro atoms. The third-order valence-electron chi connectivity index (χ3n) is 6.35. The molecule has 38 heavy (non-hydrogen) atoms. The SMILES string of the molecule is CNC(=O)[C@@H](Cc1ccc(O)cc1)NC(=O)C(CC(C)C)CP(=O)(O)Cc1cccc(-c2ccccc2)c1. The number of hydrogen-bond donors (Lipinski definition) is 4. The Labute approximate surface area is 224 Å². The summed E-state index contributed by atoms with van der Waals surface area (Å²) < 4.78 is 13.4. The van der Waals surface area contributed by atoms with Gasteiger partial charge in [-0.3, -0.25) is 14.2 Å². The summed E-state index contributed by atoms with van der Waals surface area (Å²) in [7, 11) is -2.23. The highest BCUT2D eigenvalue weighted by Gasteiger charge is 2.32. The fourth-order valence-corrected chi connectivity index (χ4v) is 6.45. The van der Waals surface area contributed by atoms with Crippen LogP contribution in [-0.4, -0.2) is 41.1 Å². The van der Waals surface area contributed by atoms with E-state index in [0.29, 0.717) is 6.42 Å². The molecule has 3 atom stereocenters. The third kappa shape index (κ3) is 8.86. The first-order valence-electron chi connectivity index (χ1n) is 12.8. The summed E-state index contributed by atoms with van der Waals surface area (Å²) in [6, 6.07) is 22.9. The van der Waals surface area contributed by atoms with E-state index in [0.717, 1.165) is 22.3 Å². The molecule has 8 heteroatoms. The molecule has 0 saturated heterocycles. The Bertz CT molecular complexity index is 1260. The summed E-state index contributed by atoms with van der Waals surface area (Å²) in [5.74, 6) is -1.28. The first-order valence-corrected chi connectivity index (χ1v) is 14.8. The Morgan fingerprint density at radius 3 is 2.16 bits per heavy atom. The molecule has 0 saturated carbocycles. The van der Waals surface area contributed by atoms with Crippen LogP contribution in [0.5, 0.6) is 5.75 Å². The maximum absolute atomic E-state index is 13.4. The smallest absolute Gasteiger partial charge is 0.242 e. The quantitative estimate of drug-likeness (QED) is 0.244. The van der Waals surface area contributed by atoms with Gasteiger partial charge in [0.1, 0.15) is 11.8 Å². The molecule has 4 N–H and O–H groups in total. The number of hydrogen-bond acceptors (Lipinski definition) is 4. The molecule has 2 unspecified atom stereocenters. The molecule has 7 nitrogen and oxygen atoms in total. The zero-order valence-electron chi connectivity index (χ0n) is 22.1. The van der Waals surface area contributed by atoms with Crippen LogP contribution in [0.15, 0.2) is 78.9 Å². The fraction of sp³-hybridized carbons (Fsp3) is 0.333. The van der Waals surface area contributed by atoms with E-state index in [1.54, 1.807) is 12.1 Å². The molecule has 2 amide bonds. The van der Waals surface area contributed by atoms with Crippen molar-refractivity contribution < 1.29 is 24.2 Å². The maximum atomic E-state index is 13.4. The minimum atomic E-state index is -3.73. The predicted octanol–water partition coefficient (Wildman–Crippen LogP) is 4.97. The van der Waals surface area contributed by atoms with Crippen LogP contribution >= 0.6 is 7.37 Å². The van der Waals surface area contributed by atoms with Crippen LogP contribution in [0.3, 0.4) is 0 Å². The van der Waals surface area contributed by atoms with Crippen LogP contribution in [0, 0.1) is 11.8 Å². The van der Waals surface area contributed by atoms with E-state index in [-0.39, 0.29) is 36.3 Å². The van der Waals surface area contributed by atoms with Gasteiger partial charge in [0.05, 0.1) is 0 Å². The van der Waals surface area contributed by atoms with Gasteiger partial charge in [0.15, 0.2) is 0 Å². The van der Waals surface area contributed by atoms with E-state index in [2.05, 4.69) is 10.6 Å². The number of aromatic hydroxyl groups is 1. The normalized spacial score (nSPS) is 14.3. The van der Waals surface area contributed by atoms with Crippen molar-refractivity contribution in [3.05, 3.63) is 90.0 Å². The van der Waals surface area contributed by atoms with Gasteiger partial charge in [-0.15, -0.1) is 0 Å². The first-order chi connectivity index (χ1) is 18.1. The Morgan fingerprint density at radius 1 is 0.868 bits per heavy atom. The molecule has 3 aromatic carbocycles. The molecular weight excluding hydrogens is 499 g/mol. The third-order valence-corrected chi connectivity index (χ3v) is 8.22. The van der Waals surface area contributed by atoms with E-state index in [1.165, 1.54) is 19.2 Å². The number of carbonyl (C=O) groups is 2. The molecule has 0 bridgehead atoms. The highest BCUT2D eigenvalue weighted by atomic mass is 31.2. The zero-order chi connectivity index (χ0) is 27.7. The highest BCUT2D eigenvalue weighted by Crippen LogP contribution is 2.47. The van der Waals surface area contributed by atoms with E-state index < -0.39 is 25.2 Å². The number of benzene rings is 3. The molecule has 0 aliphatic heterocycles. The van der Waals surface area contributed by atoms with Crippen molar-refractivity contribution in [1.82, 2.24) is 10.6 Å². The molecular formula is C30H37N2O5P. The van der Waals surface area contributed by atoms with Crippen molar-refractivity contribution in [3.8, 4) is 16.9 Å². The van der Waals surface area contributed by atoms with Gasteiger partial charge < -0.3 is 20.6 Å². The second-order valence-corrected chi connectivity index (χ2v) is 12.5. The minimum Gasteiger partial charge on any atom is -0.508 e. The van der Waals surface area contributed by atoms with Crippen molar-refractivity contribution >= 4 is 19.2 Å². The van der Waals surface area contributed by atoms with Crippen molar-refractivity contribution in [3.63, 3.8) is 0 Å². The fourth-order valence-electron chi connectivity index (χ4n) is 4.55. The average molecular weight is 537 g/mol. The van der Waals surface area contributed by atoms with Gasteiger partial charge >= 0.3 is 0 Å². The molecule has 3 aromatic rings. The second kappa shape index (κ2) is 13.4. The van der Waals surface area contributed by atoms with Crippen LogP contribution in [0.25, 0.3) is 11.1 Å². The lowest BCUT2D eigenvalue weighted by Gasteiger charge is -2.25. The van der Waals surface area contributed by atoms with E-state index >= 15 is 0 Å². The summed E-state index contributed by atoms with van der Waals surface area (Å²) >= 11 is 0. The first kappa shape index (κ1) is 29.2. The minimum absolute atomic E-state index is 0.0398. The number of carbonyl (C=O) groups excluding carboxylic acids is 2. The van der Waals surface area contributed by atoms with Gasteiger partial charge in [-0.25, -0.2) is 0 Å². The Morgan fingerprint density at radius 2 is 1.53 bits per heavy atom. The Kier molecular flexibility index (Phi) is 10.3. The van der Waals surface area contributed by atoms with Crippen LogP contribution in [0.4, 0.5) is 0 Å². The van der Waals surface area contributed by atoms with Gasteiger partial charge in [-0.05, 0) is 46.7 Å². The van der Waals surface area contributed by atoms with Crippen LogP contribution in [-0.2, 0) is 26.7 Å². The monoisotopic (exact) mass is 536 g/mol. The molecule has 0 heterocycles. The second-order valence-electron chi connectivity index (χ2n) is 10.1. The topological polar surface area (TPSA) is 116 Å². The van der Waals surface area contributed by atoms with E-state index in [4.69, 9.17) is 0 Å². The molecule has 0 fully saturated rings. The largest absolute Gasteiger partial charge is 0.508 e. The standard InChI is InChI=1S/C30H37N2O5P/c1-21(2)16-26(29(34)32-28(30(35)31-3)18-22-12-14-27(33)15-13-22)20-38(36,37)19-23-8-7-11-25(17-23)24-9-5-4-6-10-24/h4-15,17,21,26,28,33H,16,18-20H2,1-3H3,(H,31,35)(H,32,34)(H,36,37)/t26?,28-/m1/s1. The van der Waals surface area contributed by atoms with Crippen LogP contribution in [0.1, 0.15) is 31.4 Å². The Hall–Kier alpha value is -3.41. The molecule has 0 radical (unpaired) electrons. The van der Waals surface area contributed by atoms with E-state index in [9.17, 15) is 24.2 Å². The summed E-state index contributed by atoms with van der Waals surface area (Å²) in [4.78, 5) is 36.9. The number of nitrogens with one attached hydrogen (secondary N) is 2. The molecule has 0 aromatic heterocycles. The summed E-state index contributed by atoms with van der Waals surface area (Å²) in [5.41, 5.74) is 3.48. The lowest BCUT2D eigenvalue weighted by Crippen LogP contribution is -2.49. The van der Waals surface area contributed by atoms with Crippen molar-refractivity contribution in [2.45, 2.75) is 38.9 Å². The zero-order valence-corrected chi connectivity index (χ0v) is 23.0. The van der Waals surface area contributed by atoms with Crippen molar-refractivity contribution in [2.75, 3.05) is 13.2 Å². The van der Waals surface area contributed by atoms with Crippen LogP contribution in [0.2, 0.25) is 0 Å². The summed E-state index contributed by atoms with van der Waals surface area (Å²) in [6.45, 7) is 3.91. The molecule has 0 aliphatic carbocycles. The van der Waals surface area contributed by atoms with Gasteiger partial charge in [0, 0.05) is 31.7 Å². The number of phenolic OH excluding ortho intramolecular Hbond substituents is 1. The van der Waals surface area contributed by atoms with Gasteiger partial charge in [-0.1, -0.05) is 80.6 Å². The van der Waals surface area contributed by atoms with Gasteiger partial charge in [0.2, 0.25) is 19.2 Å². The molecule has 0 aliphatic rings. The number of likely N-dealkylation sites (N-methyl/N-ethyl adjacent to an activating group) is 1. The highest BCUT2D eigenvalue weighted by molar-refractivity contribution is 7.57. The number of phenols is 1. The van der Waals surface area contributed by atoms with Crippen molar-refractivity contribution in [2.24, 2.45) is 11.8 Å². The number of amides is 2. The predicted molar refractivity (Wildman–Crippen MR) is 151 cm³/mol. The summed E-state index contributed by atoms with van der Waals surface area (Å²) in [5, 5.41) is 14.9. The summed E-state index contributed by atoms with van der Waals surface area (Å²) in [6.07, 6.45) is 0.428.